The van der Waals surface area contributed by atoms with Crippen LogP contribution >= 0.6 is 0 Å². The second-order valence-corrected chi connectivity index (χ2v) is 4.38. The molecule has 0 aliphatic rings. The SMILES string of the molecule is Cc1ccc(C(=O)NC(C)(C(=O)O)C(F)(F)F)cc1O. The van der Waals surface area contributed by atoms with E-state index in [2.05, 4.69) is 0 Å². The van der Waals surface area contributed by atoms with Crippen molar-refractivity contribution in [3.05, 3.63) is 29.3 Å². The number of phenols is 1. The van der Waals surface area contributed by atoms with Crippen molar-refractivity contribution in [3.63, 3.8) is 0 Å². The zero-order valence-corrected chi connectivity index (χ0v) is 10.6. The van der Waals surface area contributed by atoms with Gasteiger partial charge >= 0.3 is 12.1 Å². The van der Waals surface area contributed by atoms with E-state index in [1.54, 1.807) is 0 Å². The molecule has 3 N–H and O–H groups in total. The van der Waals surface area contributed by atoms with Gasteiger partial charge < -0.3 is 15.5 Å². The second-order valence-electron chi connectivity index (χ2n) is 4.38. The number of aromatic hydroxyl groups is 1. The monoisotopic (exact) mass is 291 g/mol. The Kier molecular flexibility index (Phi) is 3.97. The van der Waals surface area contributed by atoms with E-state index in [0.29, 0.717) is 12.5 Å². The Balaban J connectivity index is 3.09. The zero-order valence-electron chi connectivity index (χ0n) is 10.6. The molecule has 0 aliphatic heterocycles. The third kappa shape index (κ3) is 2.84. The summed E-state index contributed by atoms with van der Waals surface area (Å²) in [7, 11) is 0. The van der Waals surface area contributed by atoms with Crippen LogP contribution in [0.15, 0.2) is 18.2 Å². The molecule has 1 atom stereocenters. The molecule has 20 heavy (non-hydrogen) atoms. The van der Waals surface area contributed by atoms with E-state index in [4.69, 9.17) is 5.11 Å². The number of carbonyl (C=O) groups excluding carboxylic acids is 1. The lowest BCUT2D eigenvalue weighted by Crippen LogP contribution is -2.61. The van der Waals surface area contributed by atoms with Crippen LogP contribution in [0, 0.1) is 6.92 Å². The number of aryl methyl sites for hydroxylation is 1. The van der Waals surface area contributed by atoms with E-state index in [-0.39, 0.29) is 11.3 Å². The number of hydrogen-bond donors (Lipinski definition) is 3. The molecule has 1 unspecified atom stereocenters. The number of phenolic OH excluding ortho intramolecular Hbond substituents is 1. The van der Waals surface area contributed by atoms with Crippen LogP contribution in [-0.2, 0) is 4.79 Å². The van der Waals surface area contributed by atoms with Gasteiger partial charge in [-0.1, -0.05) is 6.07 Å². The van der Waals surface area contributed by atoms with Crippen LogP contribution in [0.1, 0.15) is 22.8 Å². The molecule has 0 aliphatic carbocycles. The first-order valence-corrected chi connectivity index (χ1v) is 5.41. The average molecular weight is 291 g/mol. The maximum absolute atomic E-state index is 12.7. The highest BCUT2D eigenvalue weighted by Crippen LogP contribution is 2.31. The van der Waals surface area contributed by atoms with Gasteiger partial charge in [-0.25, -0.2) is 4.79 Å². The lowest BCUT2D eigenvalue weighted by molar-refractivity contribution is -0.203. The first kappa shape index (κ1) is 15.8. The van der Waals surface area contributed by atoms with Crippen LogP contribution in [0.5, 0.6) is 5.75 Å². The van der Waals surface area contributed by atoms with Crippen LogP contribution < -0.4 is 5.32 Å². The van der Waals surface area contributed by atoms with E-state index < -0.39 is 23.6 Å². The molecule has 8 heteroatoms. The van der Waals surface area contributed by atoms with Crippen LogP contribution in [-0.4, -0.2) is 33.8 Å². The predicted octanol–water partition coefficient (Wildman–Crippen LogP) is 1.84. The number of carboxylic acid groups (broad SMARTS) is 1. The molecule has 5 nitrogen and oxygen atoms in total. The summed E-state index contributed by atoms with van der Waals surface area (Å²) in [5.74, 6) is -3.75. The number of carbonyl (C=O) groups is 2. The summed E-state index contributed by atoms with van der Waals surface area (Å²) in [6.45, 7) is 1.88. The molecule has 1 aromatic rings. The van der Waals surface area contributed by atoms with E-state index in [1.165, 1.54) is 24.4 Å². The standard InChI is InChI=1S/C12H12F3NO4/c1-6-3-4-7(5-8(6)17)9(18)16-11(2,10(19)20)12(13,14)15/h3-5,17H,1-2H3,(H,16,18)(H,19,20). The minimum Gasteiger partial charge on any atom is -0.508 e. The fourth-order valence-corrected chi connectivity index (χ4v) is 1.30. The topological polar surface area (TPSA) is 86.6 Å². The summed E-state index contributed by atoms with van der Waals surface area (Å²) in [6, 6.07) is 3.47. The van der Waals surface area contributed by atoms with Crippen molar-refractivity contribution in [1.29, 1.82) is 0 Å². The van der Waals surface area contributed by atoms with Gasteiger partial charge in [0, 0.05) is 5.56 Å². The van der Waals surface area contributed by atoms with E-state index >= 15 is 0 Å². The number of amides is 1. The summed E-state index contributed by atoms with van der Waals surface area (Å²) in [6.07, 6.45) is -5.17. The molecule has 1 rings (SSSR count). The normalized spacial score (nSPS) is 14.4. The molecule has 0 fully saturated rings. The molecule has 0 heterocycles. The van der Waals surface area contributed by atoms with Crippen molar-refractivity contribution in [1.82, 2.24) is 5.32 Å². The van der Waals surface area contributed by atoms with Crippen LogP contribution in [0.2, 0.25) is 0 Å². The van der Waals surface area contributed by atoms with Gasteiger partial charge in [0.1, 0.15) is 5.75 Å². The van der Waals surface area contributed by atoms with Gasteiger partial charge in [0.05, 0.1) is 0 Å². The summed E-state index contributed by atoms with van der Waals surface area (Å²) in [5, 5.41) is 19.5. The van der Waals surface area contributed by atoms with Gasteiger partial charge in [0.15, 0.2) is 0 Å². The van der Waals surface area contributed by atoms with Crippen LogP contribution in [0.25, 0.3) is 0 Å². The number of hydrogen-bond acceptors (Lipinski definition) is 3. The van der Waals surface area contributed by atoms with Crippen LogP contribution in [0.3, 0.4) is 0 Å². The summed E-state index contributed by atoms with van der Waals surface area (Å²) in [5.41, 5.74) is -3.26. The maximum Gasteiger partial charge on any atom is 0.422 e. The number of aliphatic carboxylic acids is 1. The quantitative estimate of drug-likeness (QED) is 0.793. The van der Waals surface area contributed by atoms with Gasteiger partial charge in [-0.3, -0.25) is 4.79 Å². The lowest BCUT2D eigenvalue weighted by Gasteiger charge is -2.28. The summed E-state index contributed by atoms with van der Waals surface area (Å²) in [4.78, 5) is 22.5. The molecular formula is C12H12F3NO4. The summed E-state index contributed by atoms with van der Waals surface area (Å²) >= 11 is 0. The fraction of sp³-hybridized carbons (Fsp3) is 0.333. The number of rotatable bonds is 3. The highest BCUT2D eigenvalue weighted by molar-refractivity contribution is 5.98. The van der Waals surface area contributed by atoms with Crippen LogP contribution in [0.4, 0.5) is 13.2 Å². The number of carboxylic acids is 1. The van der Waals surface area contributed by atoms with Gasteiger partial charge in [0.25, 0.3) is 5.91 Å². The molecule has 0 radical (unpaired) electrons. The minimum absolute atomic E-state index is 0.273. The smallest absolute Gasteiger partial charge is 0.422 e. The summed E-state index contributed by atoms with van der Waals surface area (Å²) < 4.78 is 38.2. The fourth-order valence-electron chi connectivity index (χ4n) is 1.30. The van der Waals surface area contributed by atoms with Crippen molar-refractivity contribution in [3.8, 4) is 5.75 Å². The van der Waals surface area contributed by atoms with Crippen molar-refractivity contribution in [2.24, 2.45) is 0 Å². The Labute approximate surface area is 112 Å². The van der Waals surface area contributed by atoms with Gasteiger partial charge in [-0.2, -0.15) is 13.2 Å². The number of halogens is 3. The Bertz CT molecular complexity index is 556. The average Bonchev–Trinajstić information content (AvgIpc) is 2.30. The highest BCUT2D eigenvalue weighted by atomic mass is 19.4. The van der Waals surface area contributed by atoms with Gasteiger partial charge in [-0.05, 0) is 31.5 Å². The second kappa shape index (κ2) is 5.03. The Morgan fingerprint density at radius 3 is 2.20 bits per heavy atom. The van der Waals surface area contributed by atoms with E-state index in [1.807, 2.05) is 0 Å². The zero-order chi connectivity index (χ0) is 15.7. The Morgan fingerprint density at radius 1 is 1.25 bits per heavy atom. The van der Waals surface area contributed by atoms with Gasteiger partial charge in [-0.15, -0.1) is 0 Å². The number of nitrogens with one attached hydrogen (secondary N) is 1. The highest BCUT2D eigenvalue weighted by Gasteiger charge is 2.58. The predicted molar refractivity (Wildman–Crippen MR) is 62.4 cm³/mol. The maximum atomic E-state index is 12.7. The van der Waals surface area contributed by atoms with Crippen molar-refractivity contribution >= 4 is 11.9 Å². The molecule has 110 valence electrons. The first-order valence-electron chi connectivity index (χ1n) is 5.41. The van der Waals surface area contributed by atoms with Crippen molar-refractivity contribution in [2.45, 2.75) is 25.6 Å². The van der Waals surface area contributed by atoms with E-state index in [9.17, 15) is 27.9 Å². The molecule has 1 amide bonds. The van der Waals surface area contributed by atoms with Crippen molar-refractivity contribution in [2.75, 3.05) is 0 Å². The molecule has 0 bridgehead atoms. The Morgan fingerprint density at radius 2 is 1.80 bits per heavy atom. The molecule has 0 saturated carbocycles. The Hall–Kier alpha value is -2.25. The van der Waals surface area contributed by atoms with Gasteiger partial charge in [0.2, 0.25) is 5.54 Å². The third-order valence-corrected chi connectivity index (χ3v) is 2.83. The first-order chi connectivity index (χ1) is 8.99. The third-order valence-electron chi connectivity index (χ3n) is 2.83. The molecule has 1 aromatic carbocycles. The largest absolute Gasteiger partial charge is 0.508 e. The molecule has 0 aromatic heterocycles. The number of benzene rings is 1. The van der Waals surface area contributed by atoms with E-state index in [0.717, 1.165) is 6.07 Å². The minimum atomic E-state index is -5.17. The molecule has 0 saturated heterocycles. The molecular weight excluding hydrogens is 279 g/mol. The number of alkyl halides is 3. The molecule has 0 spiro atoms. The van der Waals surface area contributed by atoms with Crippen molar-refractivity contribution < 1.29 is 33.0 Å². The lowest BCUT2D eigenvalue weighted by atomic mass is 10.0.